The highest BCUT2D eigenvalue weighted by Gasteiger charge is 2.23. The number of ether oxygens (including phenoxy) is 1. The maximum atomic E-state index is 10.3. The van der Waals surface area contributed by atoms with Gasteiger partial charge in [-0.05, 0) is 30.4 Å². The summed E-state index contributed by atoms with van der Waals surface area (Å²) < 4.78 is 5.65. The fourth-order valence-electron chi connectivity index (χ4n) is 2.33. The number of para-hydroxylation sites is 1. The summed E-state index contributed by atoms with van der Waals surface area (Å²) in [6.45, 7) is 8.55. The first-order chi connectivity index (χ1) is 9.39. The molecule has 0 bridgehead atoms. The van der Waals surface area contributed by atoms with Gasteiger partial charge in [-0.15, -0.1) is 0 Å². The van der Waals surface area contributed by atoms with E-state index in [-0.39, 0.29) is 0 Å². The van der Waals surface area contributed by atoms with Crippen LogP contribution in [0.2, 0.25) is 0 Å². The normalized spacial score (nSPS) is 15.9. The van der Waals surface area contributed by atoms with E-state index in [0.717, 1.165) is 18.1 Å². The Morgan fingerprint density at radius 1 is 1.05 bits per heavy atom. The summed E-state index contributed by atoms with van der Waals surface area (Å²) in [4.78, 5) is 0. The van der Waals surface area contributed by atoms with Crippen molar-refractivity contribution in [3.63, 3.8) is 0 Å². The fraction of sp³-hybridized carbons (Fsp3) is 0.667. The Morgan fingerprint density at radius 3 is 2.30 bits per heavy atom. The highest BCUT2D eigenvalue weighted by Crippen LogP contribution is 2.24. The molecule has 2 atom stereocenters. The molecule has 2 unspecified atom stereocenters. The van der Waals surface area contributed by atoms with E-state index in [1.54, 1.807) is 6.92 Å². The number of benzene rings is 1. The summed E-state index contributed by atoms with van der Waals surface area (Å²) in [5.41, 5.74) is 0. The molecule has 2 nitrogen and oxygen atoms in total. The first-order valence-corrected chi connectivity index (χ1v) is 7.85. The molecule has 0 radical (unpaired) electrons. The molecule has 0 aliphatic carbocycles. The standard InChI is InChI=1S/C18H30O2/c1-15(2)9-8-10-16(3)13-14-18(4,19)20-17-11-6-5-7-12-17/h5-7,11-12,15-16,19H,8-10,13-14H2,1-4H3. The third-order valence-corrected chi connectivity index (χ3v) is 3.66. The van der Waals surface area contributed by atoms with Crippen LogP contribution in [0.5, 0.6) is 5.75 Å². The molecule has 114 valence electrons. The summed E-state index contributed by atoms with van der Waals surface area (Å²) in [6.07, 6.45) is 5.48. The Morgan fingerprint density at radius 2 is 1.70 bits per heavy atom. The third-order valence-electron chi connectivity index (χ3n) is 3.66. The van der Waals surface area contributed by atoms with Gasteiger partial charge in [-0.3, -0.25) is 0 Å². The van der Waals surface area contributed by atoms with Gasteiger partial charge in [0.15, 0.2) is 0 Å². The van der Waals surface area contributed by atoms with E-state index in [1.165, 1.54) is 19.3 Å². The van der Waals surface area contributed by atoms with Crippen molar-refractivity contribution < 1.29 is 9.84 Å². The van der Waals surface area contributed by atoms with Gasteiger partial charge in [0.1, 0.15) is 5.75 Å². The lowest BCUT2D eigenvalue weighted by Gasteiger charge is -2.26. The van der Waals surface area contributed by atoms with E-state index in [9.17, 15) is 5.11 Å². The Balaban J connectivity index is 2.28. The van der Waals surface area contributed by atoms with Crippen LogP contribution >= 0.6 is 0 Å². The van der Waals surface area contributed by atoms with Crippen LogP contribution < -0.4 is 4.74 Å². The van der Waals surface area contributed by atoms with Crippen molar-refractivity contribution in [3.8, 4) is 5.75 Å². The van der Waals surface area contributed by atoms with Gasteiger partial charge >= 0.3 is 0 Å². The highest BCUT2D eigenvalue weighted by molar-refractivity contribution is 5.21. The van der Waals surface area contributed by atoms with Gasteiger partial charge < -0.3 is 9.84 Å². The molecule has 0 heterocycles. The Kier molecular flexibility index (Phi) is 7.08. The summed E-state index contributed by atoms with van der Waals surface area (Å²) in [7, 11) is 0. The first-order valence-electron chi connectivity index (χ1n) is 7.85. The molecule has 0 spiro atoms. The van der Waals surface area contributed by atoms with Gasteiger partial charge in [-0.1, -0.05) is 58.2 Å². The number of rotatable bonds is 9. The second-order valence-electron chi connectivity index (χ2n) is 6.56. The van der Waals surface area contributed by atoms with Crippen LogP contribution in [0.15, 0.2) is 30.3 Å². The van der Waals surface area contributed by atoms with E-state index in [4.69, 9.17) is 4.74 Å². The molecule has 1 aromatic rings. The second-order valence-corrected chi connectivity index (χ2v) is 6.56. The maximum absolute atomic E-state index is 10.3. The Bertz CT molecular complexity index is 357. The minimum Gasteiger partial charge on any atom is -0.463 e. The molecule has 1 aromatic carbocycles. The maximum Gasteiger partial charge on any atom is 0.205 e. The zero-order valence-electron chi connectivity index (χ0n) is 13.4. The number of hydrogen-bond acceptors (Lipinski definition) is 2. The Hall–Kier alpha value is -1.02. The molecule has 0 aromatic heterocycles. The van der Waals surface area contributed by atoms with E-state index >= 15 is 0 Å². The van der Waals surface area contributed by atoms with Crippen molar-refractivity contribution in [2.75, 3.05) is 0 Å². The largest absolute Gasteiger partial charge is 0.463 e. The Labute approximate surface area is 124 Å². The van der Waals surface area contributed by atoms with Crippen LogP contribution in [0.3, 0.4) is 0 Å². The average molecular weight is 278 g/mol. The molecule has 0 saturated heterocycles. The lowest BCUT2D eigenvalue weighted by Crippen LogP contribution is -2.32. The van der Waals surface area contributed by atoms with Gasteiger partial charge in [0.2, 0.25) is 5.79 Å². The molecule has 0 fully saturated rings. The molecular weight excluding hydrogens is 248 g/mol. The van der Waals surface area contributed by atoms with Gasteiger partial charge in [-0.2, -0.15) is 0 Å². The van der Waals surface area contributed by atoms with Gasteiger partial charge in [0.05, 0.1) is 0 Å². The lowest BCUT2D eigenvalue weighted by molar-refractivity contribution is -0.129. The second kappa shape index (κ2) is 8.31. The molecule has 2 heteroatoms. The van der Waals surface area contributed by atoms with Crippen LogP contribution in [0.1, 0.15) is 59.8 Å². The molecule has 1 rings (SSSR count). The lowest BCUT2D eigenvalue weighted by atomic mass is 9.94. The average Bonchev–Trinajstić information content (AvgIpc) is 2.37. The minimum absolute atomic E-state index is 0.639. The number of aliphatic hydroxyl groups is 1. The summed E-state index contributed by atoms with van der Waals surface area (Å²) in [5, 5.41) is 10.3. The molecule has 0 aliphatic rings. The SMILES string of the molecule is CC(C)CCCC(C)CCC(C)(O)Oc1ccccc1. The number of hydrogen-bond donors (Lipinski definition) is 1. The van der Waals surface area contributed by atoms with Gasteiger partial charge in [0, 0.05) is 13.3 Å². The molecule has 1 N–H and O–H groups in total. The van der Waals surface area contributed by atoms with Crippen LogP contribution in [0.25, 0.3) is 0 Å². The van der Waals surface area contributed by atoms with Crippen molar-refractivity contribution in [2.24, 2.45) is 11.8 Å². The quantitative estimate of drug-likeness (QED) is 0.643. The van der Waals surface area contributed by atoms with E-state index in [0.29, 0.717) is 12.3 Å². The minimum atomic E-state index is -1.08. The summed E-state index contributed by atoms with van der Waals surface area (Å²) in [6, 6.07) is 9.53. The van der Waals surface area contributed by atoms with Crippen molar-refractivity contribution in [3.05, 3.63) is 30.3 Å². The predicted molar refractivity (Wildman–Crippen MR) is 84.8 cm³/mol. The van der Waals surface area contributed by atoms with E-state index in [1.807, 2.05) is 30.3 Å². The molecule has 0 aliphatic heterocycles. The zero-order chi connectivity index (χ0) is 15.0. The van der Waals surface area contributed by atoms with Gasteiger partial charge in [0.25, 0.3) is 0 Å². The van der Waals surface area contributed by atoms with Crippen LogP contribution in [0.4, 0.5) is 0 Å². The predicted octanol–water partition coefficient (Wildman–Crippen LogP) is 5.02. The van der Waals surface area contributed by atoms with Crippen molar-refractivity contribution in [1.82, 2.24) is 0 Å². The molecule has 0 amide bonds. The third kappa shape index (κ3) is 7.54. The van der Waals surface area contributed by atoms with E-state index in [2.05, 4.69) is 20.8 Å². The zero-order valence-corrected chi connectivity index (χ0v) is 13.4. The monoisotopic (exact) mass is 278 g/mol. The van der Waals surface area contributed by atoms with Crippen molar-refractivity contribution >= 4 is 0 Å². The van der Waals surface area contributed by atoms with E-state index < -0.39 is 5.79 Å². The van der Waals surface area contributed by atoms with Crippen molar-refractivity contribution in [2.45, 2.75) is 65.6 Å². The smallest absolute Gasteiger partial charge is 0.205 e. The first kappa shape index (κ1) is 17.0. The highest BCUT2D eigenvalue weighted by atomic mass is 16.6. The topological polar surface area (TPSA) is 29.5 Å². The van der Waals surface area contributed by atoms with Crippen molar-refractivity contribution in [1.29, 1.82) is 0 Å². The van der Waals surface area contributed by atoms with Crippen LogP contribution in [0, 0.1) is 11.8 Å². The molecular formula is C18H30O2. The van der Waals surface area contributed by atoms with Crippen LogP contribution in [-0.4, -0.2) is 10.9 Å². The van der Waals surface area contributed by atoms with Crippen LogP contribution in [-0.2, 0) is 0 Å². The van der Waals surface area contributed by atoms with Gasteiger partial charge in [-0.25, -0.2) is 0 Å². The summed E-state index contributed by atoms with van der Waals surface area (Å²) in [5.74, 6) is 1.07. The fourth-order valence-corrected chi connectivity index (χ4v) is 2.33. The molecule has 20 heavy (non-hydrogen) atoms. The summed E-state index contributed by atoms with van der Waals surface area (Å²) >= 11 is 0. The molecule has 0 saturated carbocycles.